The van der Waals surface area contributed by atoms with Crippen molar-refractivity contribution >= 4 is 11.7 Å². The van der Waals surface area contributed by atoms with E-state index in [1.165, 1.54) is 32.1 Å². The molecule has 0 fully saturated rings. The van der Waals surface area contributed by atoms with E-state index in [0.29, 0.717) is 24.7 Å². The van der Waals surface area contributed by atoms with Crippen molar-refractivity contribution in [3.05, 3.63) is 0 Å². The van der Waals surface area contributed by atoms with Gasteiger partial charge >= 0.3 is 0 Å². The summed E-state index contributed by atoms with van der Waals surface area (Å²) >= 11 is 0. The van der Waals surface area contributed by atoms with Crippen molar-refractivity contribution in [3.63, 3.8) is 0 Å². The van der Waals surface area contributed by atoms with E-state index < -0.39 is 0 Å². The summed E-state index contributed by atoms with van der Waals surface area (Å²) in [5.74, 6) is 0.319. The second-order valence-corrected chi connectivity index (χ2v) is 8.56. The van der Waals surface area contributed by atoms with E-state index in [1.807, 2.05) is 20.8 Å². The van der Waals surface area contributed by atoms with Crippen LogP contribution in [0.2, 0.25) is 0 Å². The van der Waals surface area contributed by atoms with Crippen molar-refractivity contribution < 1.29 is 9.59 Å². The van der Waals surface area contributed by atoms with Gasteiger partial charge in [0.1, 0.15) is 5.78 Å². The Balaban J connectivity index is 3.53. The number of unbranched alkanes of at least 4 members (excludes halogenated alkanes) is 3. The van der Waals surface area contributed by atoms with E-state index in [4.69, 9.17) is 0 Å². The number of hydrogen-bond acceptors (Lipinski definition) is 2. The predicted molar refractivity (Wildman–Crippen MR) is 98.5 cm³/mol. The fraction of sp³-hybridized carbons (Fsp3) is 0.900. The molecule has 0 rings (SSSR count). The lowest BCUT2D eigenvalue weighted by Crippen LogP contribution is -2.25. The molecule has 0 saturated carbocycles. The quantitative estimate of drug-likeness (QED) is 0.496. The van der Waals surface area contributed by atoms with E-state index in [-0.39, 0.29) is 17.1 Å². The molecule has 1 N–H and O–H groups in total. The summed E-state index contributed by atoms with van der Waals surface area (Å²) in [5, 5.41) is 2.96. The summed E-state index contributed by atoms with van der Waals surface area (Å²) in [6, 6.07) is 0. The molecule has 0 radical (unpaired) electrons. The van der Waals surface area contributed by atoms with Gasteiger partial charge in [0.25, 0.3) is 0 Å². The summed E-state index contributed by atoms with van der Waals surface area (Å²) in [5.41, 5.74) is 0.182. The highest BCUT2D eigenvalue weighted by Crippen LogP contribution is 2.27. The molecule has 0 aromatic rings. The molecule has 3 heteroatoms. The Morgan fingerprint density at radius 2 is 1.43 bits per heavy atom. The van der Waals surface area contributed by atoms with Crippen LogP contribution in [-0.2, 0) is 9.59 Å². The van der Waals surface area contributed by atoms with Crippen LogP contribution in [0.15, 0.2) is 0 Å². The first-order chi connectivity index (χ1) is 10.6. The molecule has 0 spiro atoms. The Kier molecular flexibility index (Phi) is 10.4. The fourth-order valence-electron chi connectivity index (χ4n) is 2.36. The number of Topliss-reactive ketones (excluding diaryl/α,β-unsaturated/α-hetero) is 1. The molecule has 0 unspecified atom stereocenters. The van der Waals surface area contributed by atoms with Crippen LogP contribution >= 0.6 is 0 Å². The van der Waals surface area contributed by atoms with Crippen LogP contribution in [-0.4, -0.2) is 18.2 Å². The Morgan fingerprint density at radius 1 is 0.826 bits per heavy atom. The van der Waals surface area contributed by atoms with Crippen LogP contribution in [0.5, 0.6) is 0 Å². The Hall–Kier alpha value is -0.860. The van der Waals surface area contributed by atoms with E-state index >= 15 is 0 Å². The van der Waals surface area contributed by atoms with Gasteiger partial charge in [0, 0.05) is 24.8 Å². The van der Waals surface area contributed by atoms with Gasteiger partial charge in [-0.1, -0.05) is 67.2 Å². The summed E-state index contributed by atoms with van der Waals surface area (Å²) in [6.45, 7) is 13.5. The Bertz CT molecular complexity index is 353. The van der Waals surface area contributed by atoms with Gasteiger partial charge < -0.3 is 5.32 Å². The largest absolute Gasteiger partial charge is 0.356 e. The van der Waals surface area contributed by atoms with E-state index in [2.05, 4.69) is 26.1 Å². The lowest BCUT2D eigenvalue weighted by atomic mass is 9.84. The third-order valence-corrected chi connectivity index (χ3v) is 4.70. The molecule has 0 aromatic heterocycles. The maximum absolute atomic E-state index is 11.8. The zero-order chi connectivity index (χ0) is 17.9. The molecule has 0 heterocycles. The van der Waals surface area contributed by atoms with Gasteiger partial charge in [-0.15, -0.1) is 0 Å². The molecule has 1 amide bonds. The summed E-state index contributed by atoms with van der Waals surface area (Å²) in [6.07, 6.45) is 8.92. The number of rotatable bonds is 12. The topological polar surface area (TPSA) is 46.2 Å². The van der Waals surface area contributed by atoms with Crippen LogP contribution in [0, 0.1) is 10.8 Å². The molecular formula is C20H39NO2. The van der Waals surface area contributed by atoms with Crippen molar-refractivity contribution in [2.24, 2.45) is 10.8 Å². The Labute approximate surface area is 144 Å². The summed E-state index contributed by atoms with van der Waals surface area (Å²) in [7, 11) is 0. The molecule has 0 aliphatic rings. The van der Waals surface area contributed by atoms with Crippen LogP contribution in [0.25, 0.3) is 0 Å². The molecule has 0 aliphatic heterocycles. The number of carbonyl (C=O) groups excluding carboxylic acids is 2. The first kappa shape index (κ1) is 22.1. The lowest BCUT2D eigenvalue weighted by Gasteiger charge is -2.22. The lowest BCUT2D eigenvalue weighted by molar-refractivity contribution is -0.126. The van der Waals surface area contributed by atoms with Gasteiger partial charge in [0.2, 0.25) is 5.91 Å². The van der Waals surface area contributed by atoms with Gasteiger partial charge in [-0.3, -0.25) is 9.59 Å². The van der Waals surface area contributed by atoms with E-state index in [0.717, 1.165) is 13.0 Å². The van der Waals surface area contributed by atoms with E-state index in [9.17, 15) is 9.59 Å². The van der Waals surface area contributed by atoms with Crippen molar-refractivity contribution in [3.8, 4) is 0 Å². The van der Waals surface area contributed by atoms with Gasteiger partial charge in [-0.05, 0) is 24.7 Å². The molecule has 0 atom stereocenters. The molecule has 136 valence electrons. The van der Waals surface area contributed by atoms with Gasteiger partial charge in [0.05, 0.1) is 0 Å². The number of ketones is 1. The first-order valence-corrected chi connectivity index (χ1v) is 9.38. The highest BCUT2D eigenvalue weighted by atomic mass is 16.1. The third kappa shape index (κ3) is 12.3. The Morgan fingerprint density at radius 3 is 2.00 bits per heavy atom. The maximum atomic E-state index is 11.8. The van der Waals surface area contributed by atoms with E-state index in [1.54, 1.807) is 0 Å². The molecule has 23 heavy (non-hydrogen) atoms. The fourth-order valence-corrected chi connectivity index (χ4v) is 2.36. The number of carbonyl (C=O) groups is 2. The van der Waals surface area contributed by atoms with Crippen molar-refractivity contribution in [2.45, 2.75) is 99.3 Å². The molecular weight excluding hydrogens is 286 g/mol. The minimum Gasteiger partial charge on any atom is -0.356 e. The predicted octanol–water partition coefficient (Wildman–Crippen LogP) is 5.27. The highest BCUT2D eigenvalue weighted by molar-refractivity contribution is 5.84. The van der Waals surface area contributed by atoms with Crippen LogP contribution < -0.4 is 5.32 Å². The molecule has 0 aliphatic carbocycles. The smallest absolute Gasteiger partial charge is 0.220 e. The second-order valence-electron chi connectivity index (χ2n) is 8.56. The zero-order valence-electron chi connectivity index (χ0n) is 16.4. The molecule has 0 saturated heterocycles. The average Bonchev–Trinajstić information content (AvgIpc) is 2.45. The molecule has 0 aromatic carbocycles. The summed E-state index contributed by atoms with van der Waals surface area (Å²) in [4.78, 5) is 23.5. The number of nitrogens with one attached hydrogen (secondary N) is 1. The average molecular weight is 326 g/mol. The normalized spacial score (nSPS) is 12.3. The third-order valence-electron chi connectivity index (χ3n) is 4.70. The summed E-state index contributed by atoms with van der Waals surface area (Å²) < 4.78 is 0. The number of hydrogen-bond donors (Lipinski definition) is 1. The van der Waals surface area contributed by atoms with Gasteiger partial charge in [0.15, 0.2) is 0 Å². The maximum Gasteiger partial charge on any atom is 0.220 e. The van der Waals surface area contributed by atoms with Crippen LogP contribution in [0.3, 0.4) is 0 Å². The monoisotopic (exact) mass is 325 g/mol. The minimum atomic E-state index is -0.289. The number of amides is 1. The van der Waals surface area contributed by atoms with Gasteiger partial charge in [-0.25, -0.2) is 0 Å². The first-order valence-electron chi connectivity index (χ1n) is 9.38. The zero-order valence-corrected chi connectivity index (χ0v) is 16.4. The van der Waals surface area contributed by atoms with Crippen LogP contribution in [0.4, 0.5) is 0 Å². The highest BCUT2D eigenvalue weighted by Gasteiger charge is 2.20. The standard InChI is InChI=1S/C20H39NO2/c1-7-20(5,6)15-10-8-9-11-16-21-18(23)14-12-13-17(22)19(2,3)4/h7-16H2,1-6H3,(H,21,23). The molecule has 3 nitrogen and oxygen atoms in total. The van der Waals surface area contributed by atoms with Gasteiger partial charge in [-0.2, -0.15) is 0 Å². The minimum absolute atomic E-state index is 0.0822. The second kappa shape index (κ2) is 10.8. The van der Waals surface area contributed by atoms with Crippen molar-refractivity contribution in [2.75, 3.05) is 6.54 Å². The van der Waals surface area contributed by atoms with Crippen molar-refractivity contribution in [1.29, 1.82) is 0 Å². The SMILES string of the molecule is CCC(C)(C)CCCCCCNC(=O)CCCC(=O)C(C)(C)C. The molecule has 0 bridgehead atoms. The van der Waals surface area contributed by atoms with Crippen molar-refractivity contribution in [1.82, 2.24) is 5.32 Å². The van der Waals surface area contributed by atoms with Crippen LogP contribution in [0.1, 0.15) is 99.3 Å².